The average Bonchev–Trinajstić information content (AvgIpc) is 2.80. The summed E-state index contributed by atoms with van der Waals surface area (Å²) in [5.41, 5.74) is 6.75. The first-order valence-corrected chi connectivity index (χ1v) is 13.0. The number of nitrogens with zero attached hydrogens (tertiary/aromatic N) is 3. The summed E-state index contributed by atoms with van der Waals surface area (Å²) in [6.07, 6.45) is 2.66. The van der Waals surface area contributed by atoms with Gasteiger partial charge in [-0.1, -0.05) is 39.3 Å². The summed E-state index contributed by atoms with van der Waals surface area (Å²) in [5, 5.41) is 0. The van der Waals surface area contributed by atoms with Crippen LogP contribution in [0.5, 0.6) is 0 Å². The number of amides is 1. The van der Waals surface area contributed by atoms with E-state index in [9.17, 15) is 14.4 Å². The highest BCUT2D eigenvalue weighted by atomic mass is 16.5. The Morgan fingerprint density at radius 1 is 1.17 bits per heavy atom. The van der Waals surface area contributed by atoms with Crippen molar-refractivity contribution >= 4 is 17.4 Å². The van der Waals surface area contributed by atoms with Crippen molar-refractivity contribution in [1.82, 2.24) is 14.5 Å². The van der Waals surface area contributed by atoms with Crippen LogP contribution in [0.4, 0.5) is 11.5 Å². The van der Waals surface area contributed by atoms with Gasteiger partial charge in [-0.3, -0.25) is 24.0 Å². The second-order valence-electron chi connectivity index (χ2n) is 10.3. The standard InChI is InChI=1S/C27H41N5O4/c1-6-7-13-32-24(28)23(25(33)29-27(32)35)31(14-12-18(2)3)26(34)22-10-8-21(9-11-22)17-30-15-19(4)36-20(5)16-30/h8-11,18-20H,6-7,12-17,28H2,1-5H3,(H,29,33,35). The number of H-pyrrole nitrogens is 1. The zero-order valence-corrected chi connectivity index (χ0v) is 22.3. The number of anilines is 2. The molecule has 1 aromatic carbocycles. The molecule has 9 nitrogen and oxygen atoms in total. The van der Waals surface area contributed by atoms with E-state index in [2.05, 4.69) is 37.6 Å². The summed E-state index contributed by atoms with van der Waals surface area (Å²) in [7, 11) is 0. The van der Waals surface area contributed by atoms with Gasteiger partial charge in [0.25, 0.3) is 11.5 Å². The van der Waals surface area contributed by atoms with E-state index in [-0.39, 0.29) is 29.6 Å². The van der Waals surface area contributed by atoms with Crippen LogP contribution in [0.3, 0.4) is 0 Å². The van der Waals surface area contributed by atoms with Gasteiger partial charge in [0.15, 0.2) is 5.69 Å². The molecule has 1 aliphatic heterocycles. The summed E-state index contributed by atoms with van der Waals surface area (Å²) in [6.45, 7) is 13.5. The maximum Gasteiger partial charge on any atom is 0.330 e. The van der Waals surface area contributed by atoms with Crippen molar-refractivity contribution in [1.29, 1.82) is 0 Å². The minimum absolute atomic E-state index is 0.0292. The Hall–Kier alpha value is -2.91. The number of hydrogen-bond donors (Lipinski definition) is 2. The first-order valence-electron chi connectivity index (χ1n) is 13.0. The topological polar surface area (TPSA) is 114 Å². The van der Waals surface area contributed by atoms with Gasteiger partial charge >= 0.3 is 5.69 Å². The molecule has 1 amide bonds. The summed E-state index contributed by atoms with van der Waals surface area (Å²) in [6, 6.07) is 7.50. The fraction of sp³-hybridized carbons (Fsp3) is 0.593. The van der Waals surface area contributed by atoms with Crippen LogP contribution in [0.2, 0.25) is 0 Å². The quantitative estimate of drug-likeness (QED) is 0.519. The molecule has 9 heteroatoms. The van der Waals surface area contributed by atoms with Crippen LogP contribution in [0.25, 0.3) is 0 Å². The molecule has 3 rings (SSSR count). The predicted molar refractivity (Wildman–Crippen MR) is 144 cm³/mol. The normalized spacial score (nSPS) is 18.5. The van der Waals surface area contributed by atoms with Crippen LogP contribution in [0.15, 0.2) is 33.9 Å². The largest absolute Gasteiger partial charge is 0.383 e. The van der Waals surface area contributed by atoms with E-state index < -0.39 is 11.2 Å². The molecule has 3 N–H and O–H groups in total. The Labute approximate surface area is 213 Å². The number of ether oxygens (including phenoxy) is 1. The van der Waals surface area contributed by atoms with Crippen LogP contribution in [-0.4, -0.2) is 52.2 Å². The Bertz CT molecular complexity index is 1130. The lowest BCUT2D eigenvalue weighted by molar-refractivity contribution is -0.0704. The maximum absolute atomic E-state index is 13.7. The Kier molecular flexibility index (Phi) is 9.50. The number of carbonyl (C=O) groups is 1. The van der Waals surface area contributed by atoms with Crippen molar-refractivity contribution in [3.05, 3.63) is 56.2 Å². The number of rotatable bonds is 10. The van der Waals surface area contributed by atoms with E-state index in [1.807, 2.05) is 19.1 Å². The third-order valence-electron chi connectivity index (χ3n) is 6.50. The summed E-state index contributed by atoms with van der Waals surface area (Å²) in [5.74, 6) is 0.0301. The van der Waals surface area contributed by atoms with Crippen LogP contribution < -0.4 is 21.9 Å². The van der Waals surface area contributed by atoms with Gasteiger partial charge in [-0.15, -0.1) is 0 Å². The van der Waals surface area contributed by atoms with Gasteiger partial charge in [-0.25, -0.2) is 4.79 Å². The van der Waals surface area contributed by atoms with Crippen LogP contribution in [0, 0.1) is 5.92 Å². The predicted octanol–water partition coefficient (Wildman–Crippen LogP) is 3.22. The Morgan fingerprint density at radius 3 is 2.39 bits per heavy atom. The molecule has 0 bridgehead atoms. The van der Waals surface area contributed by atoms with Gasteiger partial charge in [-0.2, -0.15) is 0 Å². The zero-order chi connectivity index (χ0) is 26.4. The Balaban J connectivity index is 1.89. The molecular formula is C27H41N5O4. The number of benzene rings is 1. The van der Waals surface area contributed by atoms with Crippen LogP contribution >= 0.6 is 0 Å². The lowest BCUT2D eigenvalue weighted by Gasteiger charge is -2.35. The molecule has 2 heterocycles. The monoisotopic (exact) mass is 499 g/mol. The highest BCUT2D eigenvalue weighted by Gasteiger charge is 2.26. The summed E-state index contributed by atoms with van der Waals surface area (Å²) < 4.78 is 7.17. The van der Waals surface area contributed by atoms with Crippen molar-refractivity contribution in [2.24, 2.45) is 5.92 Å². The fourth-order valence-electron chi connectivity index (χ4n) is 4.66. The molecule has 1 saturated heterocycles. The van der Waals surface area contributed by atoms with Crippen molar-refractivity contribution in [3.8, 4) is 0 Å². The lowest BCUT2D eigenvalue weighted by Crippen LogP contribution is -2.44. The minimum Gasteiger partial charge on any atom is -0.383 e. The smallest absolute Gasteiger partial charge is 0.330 e. The first kappa shape index (κ1) is 27.7. The van der Waals surface area contributed by atoms with Crippen molar-refractivity contribution in [2.45, 2.75) is 79.2 Å². The van der Waals surface area contributed by atoms with Gasteiger partial charge in [0.2, 0.25) is 0 Å². The highest BCUT2D eigenvalue weighted by Crippen LogP contribution is 2.22. The van der Waals surface area contributed by atoms with Gasteiger partial charge in [0.05, 0.1) is 12.2 Å². The molecular weight excluding hydrogens is 458 g/mol. The highest BCUT2D eigenvalue weighted by molar-refractivity contribution is 6.07. The van der Waals surface area contributed by atoms with E-state index >= 15 is 0 Å². The van der Waals surface area contributed by atoms with E-state index in [0.717, 1.165) is 38.0 Å². The van der Waals surface area contributed by atoms with Crippen molar-refractivity contribution in [3.63, 3.8) is 0 Å². The van der Waals surface area contributed by atoms with Gasteiger partial charge in [0.1, 0.15) is 5.82 Å². The fourth-order valence-corrected chi connectivity index (χ4v) is 4.66. The van der Waals surface area contributed by atoms with E-state index in [1.165, 1.54) is 9.47 Å². The zero-order valence-electron chi connectivity index (χ0n) is 22.3. The first-order chi connectivity index (χ1) is 17.1. The Morgan fingerprint density at radius 2 is 1.81 bits per heavy atom. The van der Waals surface area contributed by atoms with Gasteiger partial charge < -0.3 is 15.4 Å². The van der Waals surface area contributed by atoms with E-state index in [4.69, 9.17) is 10.5 Å². The molecule has 2 aromatic rings. The summed E-state index contributed by atoms with van der Waals surface area (Å²) in [4.78, 5) is 45.1. The van der Waals surface area contributed by atoms with E-state index in [0.29, 0.717) is 31.0 Å². The second-order valence-corrected chi connectivity index (χ2v) is 10.3. The van der Waals surface area contributed by atoms with Crippen LogP contribution in [0.1, 0.15) is 69.8 Å². The summed E-state index contributed by atoms with van der Waals surface area (Å²) >= 11 is 0. The molecule has 1 fully saturated rings. The molecule has 0 aliphatic carbocycles. The van der Waals surface area contributed by atoms with Crippen LogP contribution in [-0.2, 0) is 17.8 Å². The number of nitrogens with one attached hydrogen (secondary N) is 1. The number of morpholine rings is 1. The molecule has 1 aromatic heterocycles. The van der Waals surface area contributed by atoms with Gasteiger partial charge in [0, 0.05) is 38.3 Å². The number of hydrogen-bond acceptors (Lipinski definition) is 6. The SMILES string of the molecule is CCCCn1c(N)c(N(CCC(C)C)C(=O)c2ccc(CN3CC(C)OC(C)C3)cc2)c(=O)[nH]c1=O. The molecule has 2 atom stereocenters. The molecule has 0 radical (unpaired) electrons. The number of unbranched alkanes of at least 4 members (excludes halogenated alkanes) is 1. The van der Waals surface area contributed by atoms with Crippen molar-refractivity contribution < 1.29 is 9.53 Å². The molecule has 0 saturated carbocycles. The lowest BCUT2D eigenvalue weighted by atomic mass is 10.1. The number of carbonyl (C=O) groups excluding carboxylic acids is 1. The number of aromatic amines is 1. The third-order valence-corrected chi connectivity index (χ3v) is 6.50. The molecule has 0 spiro atoms. The molecule has 198 valence electrons. The van der Waals surface area contributed by atoms with E-state index in [1.54, 1.807) is 12.1 Å². The third kappa shape index (κ3) is 6.85. The maximum atomic E-state index is 13.7. The number of nitrogen functional groups attached to an aromatic ring is 1. The number of nitrogens with two attached hydrogens (primary N) is 1. The molecule has 1 aliphatic rings. The average molecular weight is 500 g/mol. The molecule has 2 unspecified atom stereocenters. The van der Waals surface area contributed by atoms with Crippen molar-refractivity contribution in [2.75, 3.05) is 30.3 Å². The molecule has 36 heavy (non-hydrogen) atoms. The second kappa shape index (κ2) is 12.4. The number of aromatic nitrogens is 2. The minimum atomic E-state index is -0.644. The van der Waals surface area contributed by atoms with Gasteiger partial charge in [-0.05, 0) is 50.3 Å².